The van der Waals surface area contributed by atoms with Crippen LogP contribution in [0, 0.1) is 0 Å². The normalized spacial score (nSPS) is 10.2. The van der Waals surface area contributed by atoms with Crippen LogP contribution in [0.4, 0.5) is 0 Å². The van der Waals surface area contributed by atoms with Crippen LogP contribution in [0.3, 0.4) is 0 Å². The van der Waals surface area contributed by atoms with Crippen LogP contribution in [0.5, 0.6) is 11.8 Å². The molecule has 2 aromatic heterocycles. The highest BCUT2D eigenvalue weighted by atomic mass is 79.9. The van der Waals surface area contributed by atoms with Crippen molar-refractivity contribution < 1.29 is 14.3 Å². The highest BCUT2D eigenvalue weighted by Gasteiger charge is 2.19. The van der Waals surface area contributed by atoms with Gasteiger partial charge in [0.05, 0.1) is 24.2 Å². The summed E-state index contributed by atoms with van der Waals surface area (Å²) in [7, 11) is 2.91. The van der Waals surface area contributed by atoms with Crippen LogP contribution in [0.25, 0.3) is 0 Å². The molecule has 0 spiro atoms. The van der Waals surface area contributed by atoms with Gasteiger partial charge >= 0.3 is 0 Å². The molecule has 0 bridgehead atoms. The Hall–Kier alpha value is -1.47. The maximum atomic E-state index is 12.2. The number of rotatable bonds is 4. The second-order valence-corrected chi connectivity index (χ2v) is 5.53. The number of hydrogen-bond acceptors (Lipinski definition) is 6. The third kappa shape index (κ3) is 2.51. The van der Waals surface area contributed by atoms with Gasteiger partial charge in [0.25, 0.3) is 0 Å². The third-order valence-electron chi connectivity index (χ3n) is 2.17. The summed E-state index contributed by atoms with van der Waals surface area (Å²) in [6, 6.07) is 1.73. The summed E-state index contributed by atoms with van der Waals surface area (Å²) in [5.74, 6) is 0.223. The number of hydrogen-bond donors (Lipinski definition) is 0. The van der Waals surface area contributed by atoms with Gasteiger partial charge in [-0.05, 0) is 22.0 Å². The fourth-order valence-electron chi connectivity index (χ4n) is 1.32. The van der Waals surface area contributed by atoms with Gasteiger partial charge in [0.1, 0.15) is 0 Å². The van der Waals surface area contributed by atoms with Crippen LogP contribution in [-0.4, -0.2) is 30.0 Å². The Morgan fingerprint density at radius 3 is 2.72 bits per heavy atom. The lowest BCUT2D eigenvalue weighted by Crippen LogP contribution is -2.08. The number of nitrogens with zero attached hydrogens (tertiary/aromatic N) is 2. The van der Waals surface area contributed by atoms with E-state index in [2.05, 4.69) is 25.9 Å². The molecule has 0 aromatic carbocycles. The van der Waals surface area contributed by atoms with Gasteiger partial charge in [-0.3, -0.25) is 4.79 Å². The van der Waals surface area contributed by atoms with Gasteiger partial charge < -0.3 is 9.47 Å². The maximum absolute atomic E-state index is 12.2. The summed E-state index contributed by atoms with van der Waals surface area (Å²) in [5.41, 5.74) is 0.716. The lowest BCUT2D eigenvalue weighted by Gasteiger charge is -2.06. The number of methoxy groups -OCH3 is 2. The van der Waals surface area contributed by atoms with Crippen LogP contribution in [-0.2, 0) is 0 Å². The van der Waals surface area contributed by atoms with Crippen molar-refractivity contribution >= 4 is 33.0 Å². The van der Waals surface area contributed by atoms with Crippen LogP contribution >= 0.6 is 27.3 Å². The molecule has 5 nitrogen and oxygen atoms in total. The van der Waals surface area contributed by atoms with E-state index < -0.39 is 0 Å². The van der Waals surface area contributed by atoms with Gasteiger partial charge in [0.15, 0.2) is 5.69 Å². The van der Waals surface area contributed by atoms with E-state index in [4.69, 9.17) is 9.47 Å². The fraction of sp³-hybridized carbons (Fsp3) is 0.182. The predicted octanol–water partition coefficient (Wildman–Crippen LogP) is 2.55. The summed E-state index contributed by atoms with van der Waals surface area (Å²) in [6.07, 6.45) is 1.39. The van der Waals surface area contributed by atoms with Gasteiger partial charge in [-0.25, -0.2) is 4.98 Å². The van der Waals surface area contributed by atoms with Crippen molar-refractivity contribution in [2.24, 2.45) is 0 Å². The minimum absolute atomic E-state index is 0.154. The Morgan fingerprint density at radius 1 is 1.39 bits per heavy atom. The minimum Gasteiger partial charge on any atom is -0.480 e. The zero-order valence-electron chi connectivity index (χ0n) is 9.64. The van der Waals surface area contributed by atoms with E-state index in [1.165, 1.54) is 31.8 Å². The molecule has 18 heavy (non-hydrogen) atoms. The van der Waals surface area contributed by atoms with Crippen LogP contribution < -0.4 is 9.47 Å². The highest BCUT2D eigenvalue weighted by molar-refractivity contribution is 9.11. The quantitative estimate of drug-likeness (QED) is 0.807. The molecule has 0 saturated heterocycles. The van der Waals surface area contributed by atoms with E-state index >= 15 is 0 Å². The van der Waals surface area contributed by atoms with Crippen molar-refractivity contribution in [1.82, 2.24) is 9.97 Å². The standard InChI is InChI=1S/C11H9BrN2O3S/c1-16-8-4-13-9(11(14-8)17-2)10(15)6-3-7(12)18-5-6/h3-5H,1-2H3. The number of thiophene rings is 1. The van der Waals surface area contributed by atoms with Crippen molar-refractivity contribution in [3.8, 4) is 11.8 Å². The highest BCUT2D eigenvalue weighted by Crippen LogP contribution is 2.25. The zero-order valence-corrected chi connectivity index (χ0v) is 12.0. The molecule has 2 rings (SSSR count). The van der Waals surface area contributed by atoms with Crippen LogP contribution in [0.1, 0.15) is 16.1 Å². The molecule has 7 heteroatoms. The summed E-state index contributed by atoms with van der Waals surface area (Å²) in [5, 5.41) is 1.75. The molecule has 0 aliphatic carbocycles. The van der Waals surface area contributed by atoms with Crippen molar-refractivity contribution in [3.05, 3.63) is 32.7 Å². The SMILES string of the molecule is COc1cnc(C(=O)c2csc(Br)c2)c(OC)n1. The van der Waals surface area contributed by atoms with E-state index in [0.717, 1.165) is 3.79 Å². The molecule has 2 aromatic rings. The summed E-state index contributed by atoms with van der Waals surface area (Å²) in [6.45, 7) is 0. The lowest BCUT2D eigenvalue weighted by molar-refractivity contribution is 0.103. The molecular weight excluding hydrogens is 320 g/mol. The Labute approximate surface area is 116 Å². The van der Waals surface area contributed by atoms with Gasteiger partial charge in [0, 0.05) is 10.9 Å². The largest absolute Gasteiger partial charge is 0.480 e. The van der Waals surface area contributed by atoms with Gasteiger partial charge in [-0.2, -0.15) is 4.98 Å². The third-order valence-corrected chi connectivity index (χ3v) is 3.67. The molecule has 0 amide bonds. The van der Waals surface area contributed by atoms with Crippen molar-refractivity contribution in [3.63, 3.8) is 0 Å². The first-order chi connectivity index (χ1) is 8.65. The molecule has 0 N–H and O–H groups in total. The zero-order chi connectivity index (χ0) is 13.1. The average Bonchev–Trinajstić information content (AvgIpc) is 2.83. The van der Waals surface area contributed by atoms with Gasteiger partial charge in [-0.15, -0.1) is 11.3 Å². The first kappa shape index (κ1) is 13.0. The van der Waals surface area contributed by atoms with E-state index in [1.807, 2.05) is 0 Å². The van der Waals surface area contributed by atoms with E-state index in [9.17, 15) is 4.79 Å². The monoisotopic (exact) mass is 328 g/mol. The molecule has 0 saturated carbocycles. The lowest BCUT2D eigenvalue weighted by atomic mass is 10.1. The number of aromatic nitrogens is 2. The first-order valence-electron chi connectivity index (χ1n) is 4.89. The van der Waals surface area contributed by atoms with E-state index in [-0.39, 0.29) is 17.4 Å². The van der Waals surface area contributed by atoms with Crippen molar-refractivity contribution in [2.75, 3.05) is 14.2 Å². The van der Waals surface area contributed by atoms with Gasteiger partial charge in [0.2, 0.25) is 17.5 Å². The number of ether oxygens (including phenoxy) is 2. The molecule has 0 aliphatic heterocycles. The number of carbonyl (C=O) groups excluding carboxylic acids is 1. The Bertz CT molecular complexity index is 585. The number of halogens is 1. The van der Waals surface area contributed by atoms with Crippen molar-refractivity contribution in [1.29, 1.82) is 0 Å². The van der Waals surface area contributed by atoms with E-state index in [0.29, 0.717) is 11.4 Å². The maximum Gasteiger partial charge on any atom is 0.247 e. The van der Waals surface area contributed by atoms with Crippen LogP contribution in [0.2, 0.25) is 0 Å². The number of ketones is 1. The van der Waals surface area contributed by atoms with Crippen molar-refractivity contribution in [2.45, 2.75) is 0 Å². The first-order valence-corrected chi connectivity index (χ1v) is 6.56. The molecule has 94 valence electrons. The smallest absolute Gasteiger partial charge is 0.247 e. The molecule has 0 radical (unpaired) electrons. The molecule has 0 atom stereocenters. The van der Waals surface area contributed by atoms with Crippen LogP contribution in [0.15, 0.2) is 21.4 Å². The molecule has 0 unspecified atom stereocenters. The second-order valence-electron chi connectivity index (χ2n) is 3.24. The summed E-state index contributed by atoms with van der Waals surface area (Å²) >= 11 is 4.74. The Balaban J connectivity index is 2.41. The molecular formula is C11H9BrN2O3S. The Kier molecular flexibility index (Phi) is 3.93. The molecule has 2 heterocycles. The Morgan fingerprint density at radius 2 is 2.17 bits per heavy atom. The molecule has 0 aliphatic rings. The fourth-order valence-corrected chi connectivity index (χ4v) is 2.46. The second kappa shape index (κ2) is 5.45. The average molecular weight is 329 g/mol. The topological polar surface area (TPSA) is 61.3 Å². The predicted molar refractivity (Wildman–Crippen MR) is 70.6 cm³/mol. The number of carbonyl (C=O) groups is 1. The summed E-state index contributed by atoms with van der Waals surface area (Å²) < 4.78 is 10.9. The minimum atomic E-state index is -0.232. The summed E-state index contributed by atoms with van der Waals surface area (Å²) in [4.78, 5) is 20.3. The van der Waals surface area contributed by atoms with E-state index in [1.54, 1.807) is 11.4 Å². The van der Waals surface area contributed by atoms with Gasteiger partial charge in [-0.1, -0.05) is 0 Å². The molecule has 0 fully saturated rings.